The van der Waals surface area contributed by atoms with Gasteiger partial charge in [0.15, 0.2) is 5.78 Å². The lowest BCUT2D eigenvalue weighted by molar-refractivity contribution is -0.384. The summed E-state index contributed by atoms with van der Waals surface area (Å²) in [4.78, 5) is 90.5. The number of anilines is 8. The van der Waals surface area contributed by atoms with Crippen LogP contribution in [0.4, 0.5) is 61.9 Å². The molecule has 6 aliphatic rings. The SMILES string of the molecule is C1CCN(C2CC2)CC1.C=CC(=O)Cc1cc(N2CCN(C3CC3)CC2)ccc1Nc1cc(N(C)C(=O)Nc2c(Cl)c(OC)cc(OC)c2Cl)ncn1.CC(=O)Nc1ccc(Br)cc1[N+](=O)[O-].CC(=O)Nc1ccc(N2CCN(C3CC3)CC2)cc1[N+](=O)[O-]. The van der Waals surface area contributed by atoms with E-state index in [1.54, 1.807) is 31.3 Å². The second-order valence-electron chi connectivity index (χ2n) is 22.4. The first-order chi connectivity index (χ1) is 42.7. The van der Waals surface area contributed by atoms with E-state index >= 15 is 0 Å². The summed E-state index contributed by atoms with van der Waals surface area (Å²) >= 11 is 16.0. The van der Waals surface area contributed by atoms with E-state index in [-0.39, 0.29) is 74.0 Å². The first-order valence-electron chi connectivity index (χ1n) is 29.8. The number of rotatable bonds is 18. The number of likely N-dealkylation sites (tertiary alicyclic amines) is 1. The van der Waals surface area contributed by atoms with Gasteiger partial charge in [0.25, 0.3) is 11.4 Å². The van der Waals surface area contributed by atoms with Crippen molar-refractivity contribution in [1.29, 1.82) is 0 Å². The molecule has 0 spiro atoms. The standard InChI is InChI=1S/C31H35Cl2N7O4.C15H20N4O3.C8H7BrN2O3.C8H15N/c1-5-22(41)15-19-14-21(40-12-10-39(11-13-40)20-6-7-20)8-9-23(19)36-26-17-27(35-18-34-26)38(2)31(42)37-30-28(32)24(43-3)16-25(44-4)29(30)33;1-11(20)16-14-5-4-13(10-15(14)19(21)22)18-8-6-17(7-9-18)12-2-3-12;1-5(12)10-7-3-2-6(9)4-8(7)11(13)14;1-2-6-9(7-3-1)8-4-5-8/h5,8-9,14,16-18,20H,1,6-7,10-13,15H2,2-4H3,(H,37,42)(H,34,35,36);4-5,10,12H,2-3,6-9H2,1H3,(H,16,20);2-4H,1H3,(H,10,12);8H,1-7H2. The first kappa shape index (κ1) is 67.3. The number of carbonyl (C=O) groups excluding carboxylic acids is 4. The number of methoxy groups -OCH3 is 2. The van der Waals surface area contributed by atoms with Crippen LogP contribution in [0.2, 0.25) is 10.0 Å². The van der Waals surface area contributed by atoms with Gasteiger partial charge in [-0.1, -0.05) is 52.1 Å². The van der Waals surface area contributed by atoms with E-state index in [1.165, 1.54) is 134 Å². The molecule has 0 unspecified atom stereocenters. The highest BCUT2D eigenvalue weighted by atomic mass is 79.9. The van der Waals surface area contributed by atoms with Crippen LogP contribution in [0.25, 0.3) is 0 Å². The number of benzene rings is 4. The smallest absolute Gasteiger partial charge is 0.327 e. The van der Waals surface area contributed by atoms with Crippen LogP contribution in [-0.4, -0.2) is 163 Å². The molecular formula is C62H77BrCl2N14O10. The molecule has 0 atom stereocenters. The van der Waals surface area contributed by atoms with E-state index in [1.807, 2.05) is 18.2 Å². The molecule has 1 aromatic heterocycles. The lowest BCUT2D eigenvalue weighted by Gasteiger charge is -2.36. The number of allylic oxidation sites excluding steroid dienone is 1. The van der Waals surface area contributed by atoms with Crippen molar-refractivity contribution in [3.8, 4) is 11.5 Å². The Morgan fingerprint density at radius 1 is 0.652 bits per heavy atom. The highest BCUT2D eigenvalue weighted by Gasteiger charge is 2.34. The van der Waals surface area contributed by atoms with Crippen LogP contribution < -0.4 is 45.4 Å². The Hall–Kier alpha value is -7.68. The quantitative estimate of drug-likeness (QED) is 0.0361. The number of carbonyl (C=O) groups is 4. The van der Waals surface area contributed by atoms with Gasteiger partial charge in [-0.05, 0) is 119 Å². The molecular weight excluding hydrogens is 1250 g/mol. The molecule has 5 aromatic rings. The van der Waals surface area contributed by atoms with Gasteiger partial charge in [-0.25, -0.2) is 14.8 Å². The van der Waals surface area contributed by atoms with Gasteiger partial charge in [0.05, 0.1) is 29.8 Å². The number of halogens is 3. The van der Waals surface area contributed by atoms with Crippen LogP contribution in [0.1, 0.15) is 77.2 Å². The number of urea groups is 1. The van der Waals surface area contributed by atoms with E-state index in [0.29, 0.717) is 16.1 Å². The predicted molar refractivity (Wildman–Crippen MR) is 352 cm³/mol. The molecule has 3 saturated heterocycles. The normalized spacial score (nSPS) is 16.7. The zero-order chi connectivity index (χ0) is 63.9. The Morgan fingerprint density at radius 3 is 1.60 bits per heavy atom. The third kappa shape index (κ3) is 19.2. The average molecular weight is 1330 g/mol. The zero-order valence-electron chi connectivity index (χ0n) is 50.8. The Morgan fingerprint density at radius 2 is 1.12 bits per heavy atom. The summed E-state index contributed by atoms with van der Waals surface area (Å²) in [6, 6.07) is 20.6. The van der Waals surface area contributed by atoms with E-state index in [2.05, 4.69) is 84.3 Å². The Labute approximate surface area is 536 Å². The van der Waals surface area contributed by atoms with Gasteiger partial charge in [-0.2, -0.15) is 0 Å². The zero-order valence-corrected chi connectivity index (χ0v) is 53.9. The van der Waals surface area contributed by atoms with Crippen molar-refractivity contribution in [2.24, 2.45) is 0 Å². The van der Waals surface area contributed by atoms with Crippen LogP contribution in [-0.2, 0) is 20.8 Å². The number of aromatic nitrogens is 2. The molecule has 476 valence electrons. The van der Waals surface area contributed by atoms with Gasteiger partial charge < -0.3 is 45.4 Å². The maximum atomic E-state index is 13.2. The number of ketones is 1. The van der Waals surface area contributed by atoms with E-state index < -0.39 is 15.9 Å². The van der Waals surface area contributed by atoms with Gasteiger partial charge in [0.2, 0.25) is 11.8 Å². The van der Waals surface area contributed by atoms with Crippen LogP contribution in [0, 0.1) is 20.2 Å². The van der Waals surface area contributed by atoms with Gasteiger partial charge in [0, 0.05) is 144 Å². The van der Waals surface area contributed by atoms with Gasteiger partial charge in [0.1, 0.15) is 50.9 Å². The highest BCUT2D eigenvalue weighted by Crippen LogP contribution is 2.44. The lowest BCUT2D eigenvalue weighted by Crippen LogP contribution is -2.47. The fourth-order valence-corrected chi connectivity index (χ4v) is 11.7. The molecule has 0 bridgehead atoms. The second kappa shape index (κ2) is 31.7. The van der Waals surface area contributed by atoms with Crippen molar-refractivity contribution in [1.82, 2.24) is 24.7 Å². The lowest BCUT2D eigenvalue weighted by atomic mass is 10.0. The van der Waals surface area contributed by atoms with Crippen molar-refractivity contribution in [2.45, 2.75) is 96.2 Å². The molecule has 4 N–H and O–H groups in total. The maximum absolute atomic E-state index is 13.2. The first-order valence-corrected chi connectivity index (χ1v) is 31.3. The van der Waals surface area contributed by atoms with Crippen LogP contribution in [0.5, 0.6) is 11.5 Å². The molecule has 3 aliphatic heterocycles. The van der Waals surface area contributed by atoms with Gasteiger partial charge >= 0.3 is 6.03 Å². The van der Waals surface area contributed by atoms with Crippen LogP contribution in [0.3, 0.4) is 0 Å². The average Bonchev–Trinajstić information content (AvgIpc) is 3.36. The number of piperidine rings is 1. The van der Waals surface area contributed by atoms with Gasteiger partial charge in [-0.3, -0.25) is 49.3 Å². The number of piperazine rings is 2. The number of ether oxygens (including phenoxy) is 2. The second-order valence-corrected chi connectivity index (χ2v) is 24.1. The van der Waals surface area contributed by atoms with Crippen molar-refractivity contribution in [2.75, 3.05) is 123 Å². The van der Waals surface area contributed by atoms with E-state index in [9.17, 15) is 39.4 Å². The Kier molecular flexibility index (Phi) is 23.9. The molecule has 6 fully saturated rings. The summed E-state index contributed by atoms with van der Waals surface area (Å²) in [7, 11) is 4.44. The number of nitro benzene ring substituents is 2. The predicted octanol–water partition coefficient (Wildman–Crippen LogP) is 11.6. The minimum Gasteiger partial charge on any atom is -0.495 e. The summed E-state index contributed by atoms with van der Waals surface area (Å²) in [5.41, 5.74) is 3.86. The third-order valence-electron chi connectivity index (χ3n) is 15.9. The number of hydrogen-bond donors (Lipinski definition) is 4. The fourth-order valence-electron chi connectivity index (χ4n) is 10.7. The van der Waals surface area contributed by atoms with Crippen molar-refractivity contribution in [3.05, 3.63) is 126 Å². The molecule has 4 aromatic carbocycles. The van der Waals surface area contributed by atoms with Crippen molar-refractivity contribution >= 4 is 120 Å². The molecule has 89 heavy (non-hydrogen) atoms. The summed E-state index contributed by atoms with van der Waals surface area (Å²) in [6.07, 6.45) is 15.4. The van der Waals surface area contributed by atoms with Crippen molar-refractivity contribution < 1.29 is 38.5 Å². The fraction of sp³-hybridized carbons (Fsp3) is 0.452. The Bertz CT molecular complexity index is 3340. The number of nitrogens with zero attached hydrogens (tertiary/aromatic N) is 10. The third-order valence-corrected chi connectivity index (χ3v) is 17.2. The molecule has 24 nitrogen and oxygen atoms in total. The largest absolute Gasteiger partial charge is 0.495 e. The summed E-state index contributed by atoms with van der Waals surface area (Å²) in [5, 5.41) is 32.9. The summed E-state index contributed by atoms with van der Waals surface area (Å²) < 4.78 is 11.2. The summed E-state index contributed by atoms with van der Waals surface area (Å²) in [6.45, 7) is 16.8. The number of nitrogens with one attached hydrogen (secondary N) is 4. The molecule has 11 rings (SSSR count). The molecule has 3 aliphatic carbocycles. The van der Waals surface area contributed by atoms with Crippen LogP contribution in [0.15, 0.2) is 90.2 Å². The minimum absolute atomic E-state index is 0.0580. The number of hydrogen-bond acceptors (Lipinski definition) is 18. The maximum Gasteiger partial charge on any atom is 0.327 e. The Balaban J connectivity index is 0.000000185. The van der Waals surface area contributed by atoms with Crippen LogP contribution >= 0.6 is 39.1 Å². The van der Waals surface area contributed by atoms with Gasteiger partial charge in [-0.15, -0.1) is 0 Å². The topological polar surface area (TPSA) is 266 Å². The molecule has 3 saturated carbocycles. The number of amides is 4. The molecule has 0 radical (unpaired) electrons. The highest BCUT2D eigenvalue weighted by molar-refractivity contribution is 9.10. The monoisotopic (exact) mass is 1330 g/mol. The number of nitro groups is 2. The molecule has 27 heteroatoms. The van der Waals surface area contributed by atoms with Crippen molar-refractivity contribution in [3.63, 3.8) is 0 Å². The molecule has 4 heterocycles. The van der Waals surface area contributed by atoms with E-state index in [0.717, 1.165) is 93.1 Å². The van der Waals surface area contributed by atoms with E-state index in [4.69, 9.17) is 32.7 Å². The minimum atomic E-state index is -0.558. The summed E-state index contributed by atoms with van der Waals surface area (Å²) in [5.74, 6) is 0.579. The molecule has 4 amide bonds.